The molecule has 0 radical (unpaired) electrons. The van der Waals surface area contributed by atoms with Crippen LogP contribution in [0, 0.1) is 0 Å². The Labute approximate surface area is 268 Å². The molecular formula is C40H24B2. The van der Waals surface area contributed by atoms with E-state index in [4.69, 9.17) is 21.9 Å². The number of rotatable bonds is 2. The summed E-state index contributed by atoms with van der Waals surface area (Å²) in [5.74, 6) is 0. The molecule has 2 heterocycles. The summed E-state index contributed by atoms with van der Waals surface area (Å²) in [7, 11) is 0. The molecule has 0 aliphatic carbocycles. The lowest BCUT2D eigenvalue weighted by Gasteiger charge is -2.20. The van der Waals surface area contributed by atoms with Gasteiger partial charge >= 0.3 is 0 Å². The summed E-state index contributed by atoms with van der Waals surface area (Å²) in [5, 5.41) is 4.32. The molecule has 190 valence electrons. The lowest BCUT2D eigenvalue weighted by Crippen LogP contribution is -2.49. The van der Waals surface area contributed by atoms with E-state index in [0.717, 1.165) is 21.5 Å². The van der Waals surface area contributed by atoms with E-state index in [9.17, 15) is 0 Å². The maximum absolute atomic E-state index is 9.08. The molecule has 0 saturated heterocycles. The summed E-state index contributed by atoms with van der Waals surface area (Å²) >= 11 is 0. The molecule has 0 atom stereocenters. The van der Waals surface area contributed by atoms with E-state index in [1.807, 2.05) is 48.5 Å². The van der Waals surface area contributed by atoms with Crippen LogP contribution < -0.4 is 32.8 Å². The number of fused-ring (bicyclic) bond motifs is 6. The van der Waals surface area contributed by atoms with Gasteiger partial charge in [-0.3, -0.25) is 0 Å². The topological polar surface area (TPSA) is 0 Å². The lowest BCUT2D eigenvalue weighted by atomic mass is 9.38. The molecule has 10 rings (SSSR count). The zero-order chi connectivity index (χ0) is 41.3. The fraction of sp³-hybridized carbons (Fsp3) is 0. The molecular weight excluding hydrogens is 502 g/mol. The Morgan fingerprint density at radius 3 is 1.00 bits per heavy atom. The van der Waals surface area contributed by atoms with Gasteiger partial charge < -0.3 is 0 Å². The van der Waals surface area contributed by atoms with Crippen molar-refractivity contribution < 1.29 is 21.9 Å². The van der Waals surface area contributed by atoms with Gasteiger partial charge in [0.2, 0.25) is 13.4 Å². The van der Waals surface area contributed by atoms with Crippen molar-refractivity contribution in [2.45, 2.75) is 0 Å². The van der Waals surface area contributed by atoms with Gasteiger partial charge in [0.25, 0.3) is 0 Å². The zero-order valence-corrected chi connectivity index (χ0v) is 21.8. The minimum atomic E-state index is -1.02. The molecule has 0 unspecified atom stereocenters. The van der Waals surface area contributed by atoms with Gasteiger partial charge in [0.1, 0.15) is 0 Å². The summed E-state index contributed by atoms with van der Waals surface area (Å²) in [6.07, 6.45) is 0. The number of hydrogen-bond acceptors (Lipinski definition) is 0. The second-order valence-corrected chi connectivity index (χ2v) is 10.8. The normalized spacial score (nSPS) is 18.5. The minimum absolute atomic E-state index is 0.0265. The molecule has 8 aromatic rings. The highest BCUT2D eigenvalue weighted by molar-refractivity contribution is 7.01. The van der Waals surface area contributed by atoms with Crippen LogP contribution in [0.25, 0.3) is 54.6 Å². The fourth-order valence-corrected chi connectivity index (χ4v) is 7.20. The molecule has 0 bridgehead atoms. The quantitative estimate of drug-likeness (QED) is 0.198. The van der Waals surface area contributed by atoms with Gasteiger partial charge in [0.15, 0.2) is 0 Å². The van der Waals surface area contributed by atoms with Crippen LogP contribution in [0.4, 0.5) is 0 Å². The zero-order valence-electron chi connectivity index (χ0n) is 37.8. The SMILES string of the molecule is [2H]c1c([2H])c([2H])c2c(c1[2H])B(c1ccc3ccc4c(B5c6c([2H])c([2H])c([2H])c([2H])c6-c6c([2H])c([2H])c([2H])c([2H])c65)ccc5ccc1c3c54)c1c([2H])c([2H])c([2H])c([2H])c1-2. The summed E-state index contributed by atoms with van der Waals surface area (Å²) in [6.45, 7) is -2.03. The van der Waals surface area contributed by atoms with Gasteiger partial charge in [-0.2, -0.15) is 0 Å². The third-order valence-electron chi connectivity index (χ3n) is 8.87. The van der Waals surface area contributed by atoms with E-state index < -0.39 is 85.9 Å². The third kappa shape index (κ3) is 2.84. The number of hydrogen-bond donors (Lipinski definition) is 0. The van der Waals surface area contributed by atoms with Gasteiger partial charge in [-0.15, -0.1) is 0 Å². The van der Waals surface area contributed by atoms with Crippen LogP contribution in [-0.2, 0) is 0 Å². The Hall–Kier alpha value is -5.07. The molecule has 0 N–H and O–H groups in total. The standard InChI is InChI=1S/C40H24B2/c1-5-13-33-27(9-1)28-10-2-6-14-34(28)41(33)37-23-19-25-18-22-32-38(24-20-26-17-21-31(37)39(25)40(26)32)42-35-15-7-3-11-29(35)30-12-4-8-16-36(30)42/h1-24H/i1D,2D,3D,4D,5D,6D,7D,8D,9D,10D,11D,12D,13D,14D,15D,16D. The Balaban J connectivity index is 1.32. The summed E-state index contributed by atoms with van der Waals surface area (Å²) in [4.78, 5) is 0. The van der Waals surface area contributed by atoms with Gasteiger partial charge in [0.05, 0.1) is 21.9 Å². The second kappa shape index (κ2) is 8.24. The van der Waals surface area contributed by atoms with Crippen LogP contribution in [0.2, 0.25) is 0 Å². The molecule has 0 saturated carbocycles. The largest absolute Gasteiger partial charge is 0.243 e. The Bertz CT molecular complexity index is 2920. The predicted molar refractivity (Wildman–Crippen MR) is 183 cm³/mol. The molecule has 8 aromatic carbocycles. The summed E-state index contributed by atoms with van der Waals surface area (Å²) < 4.78 is 140. The fourth-order valence-electron chi connectivity index (χ4n) is 7.20. The second-order valence-electron chi connectivity index (χ2n) is 10.8. The van der Waals surface area contributed by atoms with Crippen LogP contribution in [0.3, 0.4) is 0 Å². The van der Waals surface area contributed by atoms with Crippen molar-refractivity contribution in [3.63, 3.8) is 0 Å². The van der Waals surface area contributed by atoms with Crippen LogP contribution >= 0.6 is 0 Å². The highest BCUT2D eigenvalue weighted by Crippen LogP contribution is 2.35. The molecule has 0 amide bonds. The Morgan fingerprint density at radius 2 is 0.643 bits per heavy atom. The van der Waals surface area contributed by atoms with Crippen molar-refractivity contribution in [2.24, 2.45) is 0 Å². The van der Waals surface area contributed by atoms with Crippen molar-refractivity contribution in [1.82, 2.24) is 0 Å². The molecule has 2 heteroatoms. The van der Waals surface area contributed by atoms with E-state index in [1.54, 1.807) is 0 Å². The van der Waals surface area contributed by atoms with Crippen molar-refractivity contribution in [2.75, 3.05) is 0 Å². The molecule has 42 heavy (non-hydrogen) atoms. The first-order valence-corrected chi connectivity index (χ1v) is 13.6. The highest BCUT2D eigenvalue weighted by atomic mass is 14.2. The van der Waals surface area contributed by atoms with Gasteiger partial charge in [-0.1, -0.05) is 178 Å². The van der Waals surface area contributed by atoms with E-state index in [2.05, 4.69) is 0 Å². The third-order valence-corrected chi connectivity index (χ3v) is 8.87. The average molecular weight is 542 g/mol. The van der Waals surface area contributed by atoms with E-state index in [1.165, 1.54) is 0 Å². The van der Waals surface area contributed by atoms with Crippen molar-refractivity contribution in [3.8, 4) is 22.3 Å². The summed E-state index contributed by atoms with van der Waals surface area (Å²) in [6, 6.07) is 7.77. The molecule has 2 aliphatic heterocycles. The van der Waals surface area contributed by atoms with Crippen LogP contribution in [0.15, 0.2) is 145 Å². The van der Waals surface area contributed by atoms with Crippen molar-refractivity contribution >= 4 is 78.5 Å². The first-order chi connectivity index (χ1) is 27.5. The predicted octanol–water partition coefficient (Wildman–Crippen LogP) is 5.58. The summed E-state index contributed by atoms with van der Waals surface area (Å²) in [5.41, 5.74) is 1.77. The molecule has 0 aromatic heterocycles. The van der Waals surface area contributed by atoms with Crippen molar-refractivity contribution in [3.05, 3.63) is 145 Å². The van der Waals surface area contributed by atoms with Gasteiger partial charge in [0, 0.05) is 0 Å². The number of benzene rings is 8. The van der Waals surface area contributed by atoms with Gasteiger partial charge in [-0.25, -0.2) is 0 Å². The minimum Gasteiger partial charge on any atom is -0.0664 e. The van der Waals surface area contributed by atoms with Crippen LogP contribution in [-0.4, -0.2) is 13.4 Å². The first-order valence-electron chi connectivity index (χ1n) is 21.6. The Kier molecular flexibility index (Phi) is 2.44. The monoisotopic (exact) mass is 542 g/mol. The van der Waals surface area contributed by atoms with E-state index in [-0.39, 0.29) is 68.3 Å². The lowest BCUT2D eigenvalue weighted by molar-refractivity contribution is 1.71. The van der Waals surface area contributed by atoms with E-state index in [0.29, 0.717) is 21.7 Å². The molecule has 0 fully saturated rings. The van der Waals surface area contributed by atoms with Gasteiger partial charge in [-0.05, 0) is 54.6 Å². The van der Waals surface area contributed by atoms with Crippen LogP contribution in [0.5, 0.6) is 0 Å². The smallest absolute Gasteiger partial charge is 0.0664 e. The maximum Gasteiger partial charge on any atom is 0.243 e. The highest BCUT2D eigenvalue weighted by Gasteiger charge is 2.36. The maximum atomic E-state index is 9.08. The first kappa shape index (κ1) is 12.4. The molecule has 0 nitrogen and oxygen atoms in total. The van der Waals surface area contributed by atoms with Crippen molar-refractivity contribution in [1.29, 1.82) is 0 Å². The molecule has 2 aliphatic rings. The average Bonchev–Trinajstić information content (AvgIpc) is 3.77. The van der Waals surface area contributed by atoms with Crippen LogP contribution in [0.1, 0.15) is 21.9 Å². The molecule has 0 spiro atoms. The van der Waals surface area contributed by atoms with E-state index >= 15 is 0 Å². The Morgan fingerprint density at radius 1 is 0.333 bits per heavy atom.